The second-order valence-corrected chi connectivity index (χ2v) is 11.4. The Labute approximate surface area is 104 Å². The van der Waals surface area contributed by atoms with Crippen LogP contribution in [0.1, 0.15) is 34.6 Å². The van der Waals surface area contributed by atoms with Gasteiger partial charge in [-0.25, -0.2) is 0 Å². The Morgan fingerprint density at radius 2 is 1.64 bits per heavy atom. The lowest BCUT2D eigenvalue weighted by Gasteiger charge is -2.39. The van der Waals surface area contributed by atoms with Gasteiger partial charge in [0.25, 0.3) is 0 Å². The van der Waals surface area contributed by atoms with Crippen molar-refractivity contribution in [1.29, 1.82) is 0 Å². The molecule has 2 atom stereocenters. The fourth-order valence-corrected chi connectivity index (χ4v) is 3.11. The third-order valence-electron chi connectivity index (χ3n) is 3.33. The van der Waals surface area contributed by atoms with E-state index in [2.05, 4.69) is 70.3 Å². The molecule has 0 rings (SSSR count). The normalized spacial score (nSPS) is 18.0. The van der Waals surface area contributed by atoms with Crippen LogP contribution in [0, 0.1) is 5.92 Å². The van der Waals surface area contributed by atoms with Gasteiger partial charge < -0.3 is 4.43 Å². The van der Waals surface area contributed by atoms with E-state index in [9.17, 15) is 0 Å². The Balaban J connectivity index is 4.36. The summed E-state index contributed by atoms with van der Waals surface area (Å²) in [5.74, 6) is 0.657. The average Bonchev–Trinajstić information content (AvgIpc) is 2.00. The van der Waals surface area contributed by atoms with Crippen molar-refractivity contribution in [1.82, 2.24) is 0 Å². The minimum Gasteiger partial charge on any atom is -0.414 e. The molecule has 86 valence electrons. The van der Waals surface area contributed by atoms with Gasteiger partial charge in [-0.05, 0) is 31.0 Å². The summed E-state index contributed by atoms with van der Waals surface area (Å²) in [5, 5.41) is 0.326. The predicted octanol–water partition coefficient (Wildman–Crippen LogP) is 4.47. The van der Waals surface area contributed by atoms with Gasteiger partial charge in [-0.3, -0.25) is 0 Å². The van der Waals surface area contributed by atoms with Crippen molar-refractivity contribution in [3.8, 4) is 0 Å². The first-order valence-corrected chi connectivity index (χ1v) is 9.79. The Kier molecular flexibility index (Phi) is 5.64. The monoisotopic (exact) mass is 328 g/mol. The van der Waals surface area contributed by atoms with Crippen LogP contribution >= 0.6 is 22.6 Å². The molecule has 0 saturated carbocycles. The first-order valence-electron chi connectivity index (χ1n) is 5.35. The molecule has 0 bridgehead atoms. The highest BCUT2D eigenvalue weighted by Gasteiger charge is 2.38. The van der Waals surface area contributed by atoms with Crippen LogP contribution in [-0.2, 0) is 4.43 Å². The molecule has 0 amide bonds. The molecule has 0 aromatic rings. The maximum absolute atomic E-state index is 6.29. The van der Waals surface area contributed by atoms with Crippen LogP contribution in [0.5, 0.6) is 0 Å². The molecule has 14 heavy (non-hydrogen) atoms. The van der Waals surface area contributed by atoms with Crippen LogP contribution in [0.15, 0.2) is 0 Å². The lowest BCUT2D eigenvalue weighted by Crippen LogP contribution is -2.44. The van der Waals surface area contributed by atoms with Crippen LogP contribution < -0.4 is 0 Å². The van der Waals surface area contributed by atoms with Gasteiger partial charge in [0.2, 0.25) is 0 Å². The second kappa shape index (κ2) is 5.30. The van der Waals surface area contributed by atoms with Gasteiger partial charge in [0.05, 0.1) is 0 Å². The van der Waals surface area contributed by atoms with Gasteiger partial charge >= 0.3 is 0 Å². The lowest BCUT2D eigenvalue weighted by molar-refractivity contribution is 0.155. The van der Waals surface area contributed by atoms with E-state index < -0.39 is 8.32 Å². The Hall–Kier alpha value is 0.907. The van der Waals surface area contributed by atoms with Crippen molar-refractivity contribution in [2.45, 2.75) is 58.9 Å². The van der Waals surface area contributed by atoms with Crippen molar-refractivity contribution in [3.63, 3.8) is 0 Å². The van der Waals surface area contributed by atoms with E-state index in [0.29, 0.717) is 17.1 Å². The zero-order valence-corrected chi connectivity index (χ0v) is 13.8. The molecular weight excluding hydrogens is 303 g/mol. The van der Waals surface area contributed by atoms with Crippen LogP contribution in [0.25, 0.3) is 0 Å². The molecule has 0 unspecified atom stereocenters. The second-order valence-electron chi connectivity index (χ2n) is 5.71. The molecular formula is C11H25IOSi. The highest BCUT2D eigenvalue weighted by Crippen LogP contribution is 2.38. The van der Waals surface area contributed by atoms with Crippen molar-refractivity contribution < 1.29 is 4.43 Å². The van der Waals surface area contributed by atoms with Gasteiger partial charge in [0, 0.05) is 10.5 Å². The van der Waals surface area contributed by atoms with Gasteiger partial charge in [0.1, 0.15) is 0 Å². The van der Waals surface area contributed by atoms with Crippen molar-refractivity contribution in [2.75, 3.05) is 4.43 Å². The summed E-state index contributed by atoms with van der Waals surface area (Å²) in [6.07, 6.45) is 0.396. The van der Waals surface area contributed by atoms with E-state index in [1.165, 1.54) is 4.43 Å². The first-order chi connectivity index (χ1) is 6.12. The van der Waals surface area contributed by atoms with Crippen LogP contribution in [0.2, 0.25) is 18.1 Å². The molecule has 0 N–H and O–H groups in total. The van der Waals surface area contributed by atoms with Crippen LogP contribution in [0.4, 0.5) is 0 Å². The largest absolute Gasteiger partial charge is 0.414 e. The van der Waals surface area contributed by atoms with Crippen LogP contribution in [0.3, 0.4) is 0 Å². The van der Waals surface area contributed by atoms with E-state index in [4.69, 9.17) is 4.43 Å². The quantitative estimate of drug-likeness (QED) is 0.420. The maximum atomic E-state index is 6.29. The minimum absolute atomic E-state index is 0.326. The fourth-order valence-electron chi connectivity index (χ4n) is 0.883. The summed E-state index contributed by atoms with van der Waals surface area (Å²) in [4.78, 5) is 0. The molecule has 0 aliphatic carbocycles. The third kappa shape index (κ3) is 4.19. The maximum Gasteiger partial charge on any atom is 0.192 e. The summed E-state index contributed by atoms with van der Waals surface area (Å²) in [5.41, 5.74) is 0. The van der Waals surface area contributed by atoms with Gasteiger partial charge in [0.15, 0.2) is 8.32 Å². The summed E-state index contributed by atoms with van der Waals surface area (Å²) < 4.78 is 7.46. The number of hydrogen-bond acceptors (Lipinski definition) is 1. The van der Waals surface area contributed by atoms with Crippen molar-refractivity contribution >= 4 is 30.9 Å². The first kappa shape index (κ1) is 14.9. The average molecular weight is 328 g/mol. The number of rotatable bonds is 4. The summed E-state index contributed by atoms with van der Waals surface area (Å²) in [6, 6.07) is 0. The Morgan fingerprint density at radius 1 is 1.21 bits per heavy atom. The molecule has 0 spiro atoms. The molecule has 0 radical (unpaired) electrons. The zero-order valence-electron chi connectivity index (χ0n) is 10.6. The third-order valence-corrected chi connectivity index (χ3v) is 9.29. The topological polar surface area (TPSA) is 9.23 Å². The molecule has 0 fully saturated rings. The molecule has 0 aliphatic heterocycles. The number of alkyl halides is 1. The van der Waals surface area contributed by atoms with E-state index in [1.807, 2.05) is 0 Å². The Morgan fingerprint density at radius 3 is 1.93 bits per heavy atom. The predicted molar refractivity (Wildman–Crippen MR) is 75.8 cm³/mol. The Bertz CT molecular complexity index is 175. The standard InChI is InChI=1S/C11H25IOSi/c1-9(8-12)10(2)13-14(6,7)11(3,4)5/h9-10H,8H2,1-7H3/t9-,10+/m1/s1. The van der Waals surface area contributed by atoms with Gasteiger partial charge in [-0.1, -0.05) is 50.3 Å². The number of hydrogen-bond donors (Lipinski definition) is 0. The molecule has 0 aromatic heterocycles. The van der Waals surface area contributed by atoms with Crippen LogP contribution in [-0.4, -0.2) is 18.8 Å². The van der Waals surface area contributed by atoms with E-state index in [1.54, 1.807) is 0 Å². The van der Waals surface area contributed by atoms with Crippen molar-refractivity contribution in [2.24, 2.45) is 5.92 Å². The highest BCUT2D eigenvalue weighted by atomic mass is 127. The van der Waals surface area contributed by atoms with Gasteiger partial charge in [-0.2, -0.15) is 0 Å². The SMILES string of the molecule is C[C@H](CI)[C@H](C)O[Si](C)(C)C(C)(C)C. The molecule has 0 aromatic carbocycles. The summed E-state index contributed by atoms with van der Waals surface area (Å²) >= 11 is 2.44. The zero-order chi connectivity index (χ0) is 11.6. The summed E-state index contributed by atoms with van der Waals surface area (Å²) in [7, 11) is -1.55. The summed E-state index contributed by atoms with van der Waals surface area (Å²) in [6.45, 7) is 16.0. The van der Waals surface area contributed by atoms with E-state index in [-0.39, 0.29) is 0 Å². The van der Waals surface area contributed by atoms with Crippen molar-refractivity contribution in [3.05, 3.63) is 0 Å². The van der Waals surface area contributed by atoms with E-state index in [0.717, 1.165) is 0 Å². The molecule has 0 heterocycles. The number of halogens is 1. The minimum atomic E-state index is -1.55. The molecule has 0 saturated heterocycles. The highest BCUT2D eigenvalue weighted by molar-refractivity contribution is 14.1. The molecule has 0 aliphatic rings. The van der Waals surface area contributed by atoms with Gasteiger partial charge in [-0.15, -0.1) is 0 Å². The molecule has 3 heteroatoms. The smallest absolute Gasteiger partial charge is 0.192 e. The van der Waals surface area contributed by atoms with E-state index >= 15 is 0 Å². The fraction of sp³-hybridized carbons (Fsp3) is 1.00. The molecule has 1 nitrogen and oxygen atoms in total. The lowest BCUT2D eigenvalue weighted by atomic mass is 10.1.